The Morgan fingerprint density at radius 1 is 1.42 bits per heavy atom. The highest BCUT2D eigenvalue weighted by Crippen LogP contribution is 2.36. The zero-order valence-corrected chi connectivity index (χ0v) is 11.6. The average molecular weight is 277 g/mol. The van der Waals surface area contributed by atoms with Gasteiger partial charge in [-0.2, -0.15) is 0 Å². The van der Waals surface area contributed by atoms with Gasteiger partial charge >= 0.3 is 0 Å². The summed E-state index contributed by atoms with van der Waals surface area (Å²) in [5.41, 5.74) is 2.61. The standard InChI is InChI=1S/C14H17ClN4/c1-2-7-19-13(9-16-18-19)17-14-11-6-4-3-5-10(11)8-12(14)15/h3-6,9,12,14,17H,2,7-8H2,1H3. The average Bonchev–Trinajstić information content (AvgIpc) is 2.97. The fraction of sp³-hybridized carbons (Fsp3) is 0.429. The molecule has 4 nitrogen and oxygen atoms in total. The molecule has 2 atom stereocenters. The quantitative estimate of drug-likeness (QED) is 0.873. The zero-order chi connectivity index (χ0) is 13.2. The van der Waals surface area contributed by atoms with Crippen LogP contribution in [-0.2, 0) is 13.0 Å². The summed E-state index contributed by atoms with van der Waals surface area (Å²) in [6.45, 7) is 2.99. The number of hydrogen-bond donors (Lipinski definition) is 1. The van der Waals surface area contributed by atoms with Gasteiger partial charge in [0.15, 0.2) is 0 Å². The van der Waals surface area contributed by atoms with Gasteiger partial charge in [-0.15, -0.1) is 16.7 Å². The Morgan fingerprint density at radius 3 is 3.11 bits per heavy atom. The molecule has 1 aliphatic rings. The van der Waals surface area contributed by atoms with Gasteiger partial charge < -0.3 is 5.32 Å². The van der Waals surface area contributed by atoms with Gasteiger partial charge in [-0.05, 0) is 24.0 Å². The summed E-state index contributed by atoms with van der Waals surface area (Å²) < 4.78 is 1.89. The third-order valence-electron chi connectivity index (χ3n) is 3.52. The van der Waals surface area contributed by atoms with Crippen LogP contribution < -0.4 is 5.32 Å². The molecule has 19 heavy (non-hydrogen) atoms. The van der Waals surface area contributed by atoms with E-state index in [-0.39, 0.29) is 11.4 Å². The lowest BCUT2D eigenvalue weighted by molar-refractivity contribution is 0.578. The Bertz CT molecular complexity index is 566. The fourth-order valence-electron chi connectivity index (χ4n) is 2.62. The number of anilines is 1. The first-order valence-corrected chi connectivity index (χ1v) is 7.10. The Balaban J connectivity index is 1.85. The van der Waals surface area contributed by atoms with E-state index in [4.69, 9.17) is 11.6 Å². The monoisotopic (exact) mass is 276 g/mol. The molecule has 0 amide bonds. The molecule has 2 unspecified atom stereocenters. The molecule has 2 aromatic rings. The minimum Gasteiger partial charge on any atom is -0.361 e. The van der Waals surface area contributed by atoms with Gasteiger partial charge in [-0.25, -0.2) is 4.68 Å². The van der Waals surface area contributed by atoms with Crippen molar-refractivity contribution in [2.75, 3.05) is 5.32 Å². The van der Waals surface area contributed by atoms with Crippen LogP contribution in [0.4, 0.5) is 5.82 Å². The van der Waals surface area contributed by atoms with E-state index >= 15 is 0 Å². The largest absolute Gasteiger partial charge is 0.361 e. The van der Waals surface area contributed by atoms with Gasteiger partial charge in [0.25, 0.3) is 0 Å². The maximum Gasteiger partial charge on any atom is 0.145 e. The van der Waals surface area contributed by atoms with E-state index in [1.54, 1.807) is 6.20 Å². The second kappa shape index (κ2) is 5.21. The van der Waals surface area contributed by atoms with E-state index in [0.717, 1.165) is 25.2 Å². The van der Waals surface area contributed by atoms with Crippen LogP contribution in [0.15, 0.2) is 30.5 Å². The third-order valence-corrected chi connectivity index (χ3v) is 3.93. The molecule has 3 rings (SSSR count). The highest BCUT2D eigenvalue weighted by atomic mass is 35.5. The van der Waals surface area contributed by atoms with Crippen molar-refractivity contribution in [3.63, 3.8) is 0 Å². The number of alkyl halides is 1. The van der Waals surface area contributed by atoms with E-state index in [1.165, 1.54) is 11.1 Å². The minimum absolute atomic E-state index is 0.0716. The Labute approximate surface area is 117 Å². The molecular formula is C14H17ClN4. The summed E-state index contributed by atoms with van der Waals surface area (Å²) in [4.78, 5) is 0. The molecule has 0 spiro atoms. The van der Waals surface area contributed by atoms with E-state index < -0.39 is 0 Å². The Hall–Kier alpha value is -1.55. The van der Waals surface area contributed by atoms with Crippen LogP contribution in [0.5, 0.6) is 0 Å². The first-order chi connectivity index (χ1) is 9.29. The fourth-order valence-corrected chi connectivity index (χ4v) is 2.99. The SMILES string of the molecule is CCCn1nncc1NC1c2ccccc2CC1Cl. The third kappa shape index (κ3) is 2.32. The molecule has 5 heteroatoms. The lowest BCUT2D eigenvalue weighted by Crippen LogP contribution is -2.19. The molecule has 1 aromatic heterocycles. The Kier molecular flexibility index (Phi) is 3.42. The number of aryl methyl sites for hydroxylation is 1. The van der Waals surface area contributed by atoms with Gasteiger partial charge in [0.1, 0.15) is 5.82 Å². The Morgan fingerprint density at radius 2 is 2.26 bits per heavy atom. The molecule has 0 saturated carbocycles. The molecule has 1 aliphatic carbocycles. The van der Waals surface area contributed by atoms with Crippen molar-refractivity contribution >= 4 is 17.4 Å². The van der Waals surface area contributed by atoms with Crippen LogP contribution in [0.25, 0.3) is 0 Å². The van der Waals surface area contributed by atoms with Crippen LogP contribution in [-0.4, -0.2) is 20.4 Å². The summed E-state index contributed by atoms with van der Waals surface area (Å²) in [5, 5.41) is 11.6. The van der Waals surface area contributed by atoms with Crippen LogP contribution in [0.1, 0.15) is 30.5 Å². The minimum atomic E-state index is 0.0716. The molecule has 1 N–H and O–H groups in total. The van der Waals surface area contributed by atoms with Crippen LogP contribution >= 0.6 is 11.6 Å². The van der Waals surface area contributed by atoms with Gasteiger partial charge in [0, 0.05) is 6.54 Å². The molecule has 1 aromatic carbocycles. The number of benzene rings is 1. The summed E-state index contributed by atoms with van der Waals surface area (Å²) >= 11 is 6.48. The van der Waals surface area contributed by atoms with E-state index in [2.05, 4.69) is 46.8 Å². The zero-order valence-electron chi connectivity index (χ0n) is 10.9. The maximum absolute atomic E-state index is 6.48. The molecule has 1 heterocycles. The van der Waals surface area contributed by atoms with Gasteiger partial charge in [0.2, 0.25) is 0 Å². The smallest absolute Gasteiger partial charge is 0.145 e. The number of rotatable bonds is 4. The van der Waals surface area contributed by atoms with Crippen molar-refractivity contribution in [1.82, 2.24) is 15.0 Å². The molecule has 0 bridgehead atoms. The second-order valence-corrected chi connectivity index (χ2v) is 5.44. The molecule has 0 saturated heterocycles. The van der Waals surface area contributed by atoms with E-state index in [0.29, 0.717) is 0 Å². The molecule has 0 fully saturated rings. The molecule has 0 radical (unpaired) electrons. The number of hydrogen-bond acceptors (Lipinski definition) is 3. The lowest BCUT2D eigenvalue weighted by atomic mass is 10.1. The van der Waals surface area contributed by atoms with Crippen molar-refractivity contribution in [2.45, 2.75) is 37.7 Å². The maximum atomic E-state index is 6.48. The summed E-state index contributed by atoms with van der Waals surface area (Å²) in [7, 11) is 0. The molecular weight excluding hydrogens is 260 g/mol. The van der Waals surface area contributed by atoms with Crippen molar-refractivity contribution in [3.8, 4) is 0 Å². The van der Waals surface area contributed by atoms with Crippen LogP contribution in [0.2, 0.25) is 0 Å². The van der Waals surface area contributed by atoms with Crippen molar-refractivity contribution in [3.05, 3.63) is 41.6 Å². The van der Waals surface area contributed by atoms with Crippen molar-refractivity contribution in [2.24, 2.45) is 0 Å². The first kappa shape index (κ1) is 12.5. The first-order valence-electron chi connectivity index (χ1n) is 6.66. The predicted octanol–water partition coefficient (Wildman–Crippen LogP) is 3.00. The number of halogens is 1. The summed E-state index contributed by atoms with van der Waals surface area (Å²) in [6, 6.07) is 8.54. The number of fused-ring (bicyclic) bond motifs is 1. The number of aromatic nitrogens is 3. The van der Waals surface area contributed by atoms with Gasteiger partial charge in [-0.1, -0.05) is 36.4 Å². The normalized spacial score (nSPS) is 21.4. The topological polar surface area (TPSA) is 42.7 Å². The van der Waals surface area contributed by atoms with Gasteiger partial charge in [-0.3, -0.25) is 0 Å². The second-order valence-electron chi connectivity index (χ2n) is 4.88. The van der Waals surface area contributed by atoms with E-state index in [9.17, 15) is 0 Å². The predicted molar refractivity (Wildman–Crippen MR) is 76.5 cm³/mol. The molecule has 0 aliphatic heterocycles. The van der Waals surface area contributed by atoms with Gasteiger partial charge in [0.05, 0.1) is 17.6 Å². The number of nitrogens with zero attached hydrogens (tertiary/aromatic N) is 3. The number of nitrogens with one attached hydrogen (secondary N) is 1. The van der Waals surface area contributed by atoms with Crippen LogP contribution in [0.3, 0.4) is 0 Å². The van der Waals surface area contributed by atoms with Crippen molar-refractivity contribution < 1.29 is 0 Å². The van der Waals surface area contributed by atoms with E-state index in [1.807, 2.05) is 4.68 Å². The summed E-state index contributed by atoms with van der Waals surface area (Å²) in [5.74, 6) is 0.939. The highest BCUT2D eigenvalue weighted by molar-refractivity contribution is 6.21. The summed E-state index contributed by atoms with van der Waals surface area (Å²) in [6.07, 6.45) is 3.70. The highest BCUT2D eigenvalue weighted by Gasteiger charge is 2.31. The van der Waals surface area contributed by atoms with Crippen molar-refractivity contribution in [1.29, 1.82) is 0 Å². The van der Waals surface area contributed by atoms with Crippen LogP contribution in [0, 0.1) is 0 Å². The lowest BCUT2D eigenvalue weighted by Gasteiger charge is -2.18. The molecule has 100 valence electrons.